The average Bonchev–Trinajstić information content (AvgIpc) is 2.93. The van der Waals surface area contributed by atoms with Crippen molar-refractivity contribution in [3.8, 4) is 0 Å². The Kier molecular flexibility index (Phi) is 5.22. The molecule has 0 radical (unpaired) electrons. The first-order chi connectivity index (χ1) is 10.1. The molecule has 0 aliphatic heterocycles. The van der Waals surface area contributed by atoms with Crippen molar-refractivity contribution < 1.29 is 9.53 Å². The molecule has 0 aliphatic carbocycles. The van der Waals surface area contributed by atoms with Crippen LogP contribution in [0, 0.1) is 0 Å². The number of methoxy groups -OCH3 is 1. The number of nitrogens with zero attached hydrogens (tertiary/aromatic N) is 2. The predicted molar refractivity (Wildman–Crippen MR) is 82.6 cm³/mol. The summed E-state index contributed by atoms with van der Waals surface area (Å²) in [6.45, 7) is 3.60. The molecule has 0 spiro atoms. The molecule has 1 N–H and O–H groups in total. The van der Waals surface area contributed by atoms with E-state index in [0.29, 0.717) is 22.8 Å². The van der Waals surface area contributed by atoms with Crippen LogP contribution in [-0.2, 0) is 17.8 Å². The van der Waals surface area contributed by atoms with Crippen LogP contribution in [0.1, 0.15) is 29.3 Å². The smallest absolute Gasteiger partial charge is 0.337 e. The van der Waals surface area contributed by atoms with Gasteiger partial charge in [0.1, 0.15) is 0 Å². The highest BCUT2D eigenvalue weighted by molar-refractivity contribution is 6.33. The Bertz CT molecular complexity index is 625. The van der Waals surface area contributed by atoms with E-state index in [1.165, 1.54) is 7.11 Å². The first-order valence-electron chi connectivity index (χ1n) is 6.77. The van der Waals surface area contributed by atoms with Gasteiger partial charge in [-0.25, -0.2) is 4.79 Å². The van der Waals surface area contributed by atoms with Gasteiger partial charge in [-0.1, -0.05) is 18.5 Å². The highest BCUT2D eigenvalue weighted by atomic mass is 35.5. The Labute approximate surface area is 128 Å². The Balaban J connectivity index is 2.06. The lowest BCUT2D eigenvalue weighted by Crippen LogP contribution is -2.04. The number of benzene rings is 1. The summed E-state index contributed by atoms with van der Waals surface area (Å²) in [4.78, 5) is 11.5. The molecule has 1 heterocycles. The Hall–Kier alpha value is -2.01. The second-order valence-electron chi connectivity index (χ2n) is 4.65. The zero-order valence-electron chi connectivity index (χ0n) is 12.1. The van der Waals surface area contributed by atoms with Crippen molar-refractivity contribution in [2.45, 2.75) is 26.4 Å². The van der Waals surface area contributed by atoms with Gasteiger partial charge in [0.15, 0.2) is 0 Å². The van der Waals surface area contributed by atoms with Crippen LogP contribution in [0.3, 0.4) is 0 Å². The number of hydrogen-bond donors (Lipinski definition) is 1. The van der Waals surface area contributed by atoms with E-state index in [1.54, 1.807) is 18.2 Å². The van der Waals surface area contributed by atoms with Gasteiger partial charge >= 0.3 is 5.97 Å². The fraction of sp³-hybridized carbons (Fsp3) is 0.333. The number of carbonyl (C=O) groups excluding carboxylic acids is 1. The van der Waals surface area contributed by atoms with Crippen LogP contribution in [-0.4, -0.2) is 22.9 Å². The number of halogens is 1. The molecule has 0 amide bonds. The second-order valence-corrected chi connectivity index (χ2v) is 5.06. The Morgan fingerprint density at radius 1 is 1.48 bits per heavy atom. The molecule has 2 rings (SSSR count). The first-order valence-corrected chi connectivity index (χ1v) is 7.15. The van der Waals surface area contributed by atoms with E-state index < -0.39 is 0 Å². The van der Waals surface area contributed by atoms with Gasteiger partial charge < -0.3 is 10.1 Å². The fourth-order valence-electron chi connectivity index (χ4n) is 1.95. The summed E-state index contributed by atoms with van der Waals surface area (Å²) >= 11 is 6.13. The lowest BCUT2D eigenvalue weighted by Gasteiger charge is -2.09. The largest absolute Gasteiger partial charge is 0.465 e. The minimum atomic E-state index is -0.384. The molecule has 1 aromatic heterocycles. The van der Waals surface area contributed by atoms with Gasteiger partial charge in [-0.2, -0.15) is 5.10 Å². The topological polar surface area (TPSA) is 56.2 Å². The van der Waals surface area contributed by atoms with Crippen LogP contribution >= 0.6 is 11.6 Å². The molecule has 2 aromatic rings. The molecule has 5 nitrogen and oxygen atoms in total. The highest BCUT2D eigenvalue weighted by Crippen LogP contribution is 2.24. The first kappa shape index (κ1) is 15.4. The number of carbonyl (C=O) groups is 1. The van der Waals surface area contributed by atoms with E-state index in [9.17, 15) is 4.79 Å². The summed E-state index contributed by atoms with van der Waals surface area (Å²) in [5.41, 5.74) is 2.22. The van der Waals surface area contributed by atoms with E-state index in [1.807, 2.05) is 17.1 Å². The maximum atomic E-state index is 11.5. The van der Waals surface area contributed by atoms with Crippen LogP contribution in [0.25, 0.3) is 0 Å². The molecule has 0 aliphatic rings. The van der Waals surface area contributed by atoms with Crippen molar-refractivity contribution in [2.75, 3.05) is 12.4 Å². The standard InChI is InChI=1S/C15H18ClN3O2/c1-3-6-19-10-11(9-18-19)8-17-14-7-12(15(20)21-2)4-5-13(14)16/h4-5,7,9-10,17H,3,6,8H2,1-2H3. The van der Waals surface area contributed by atoms with Gasteiger partial charge in [0.05, 0.1) is 29.6 Å². The van der Waals surface area contributed by atoms with Crippen molar-refractivity contribution in [2.24, 2.45) is 0 Å². The molecule has 0 saturated carbocycles. The van der Waals surface area contributed by atoms with Gasteiger partial charge in [-0.3, -0.25) is 4.68 Å². The Morgan fingerprint density at radius 3 is 3.00 bits per heavy atom. The van der Waals surface area contributed by atoms with Crippen molar-refractivity contribution in [1.29, 1.82) is 0 Å². The number of rotatable bonds is 6. The zero-order valence-corrected chi connectivity index (χ0v) is 12.9. The zero-order chi connectivity index (χ0) is 15.2. The van der Waals surface area contributed by atoms with Crippen molar-refractivity contribution in [1.82, 2.24) is 9.78 Å². The van der Waals surface area contributed by atoms with E-state index in [2.05, 4.69) is 17.3 Å². The SMILES string of the molecule is CCCn1cc(CNc2cc(C(=O)OC)ccc2Cl)cn1. The van der Waals surface area contributed by atoms with Crippen LogP contribution in [0.4, 0.5) is 5.69 Å². The second kappa shape index (κ2) is 7.13. The summed E-state index contributed by atoms with van der Waals surface area (Å²) in [7, 11) is 1.35. The third-order valence-electron chi connectivity index (χ3n) is 3.01. The average molecular weight is 308 g/mol. The number of anilines is 1. The Morgan fingerprint density at radius 2 is 2.29 bits per heavy atom. The molecule has 112 valence electrons. The number of nitrogens with one attached hydrogen (secondary N) is 1. The van der Waals surface area contributed by atoms with E-state index in [-0.39, 0.29) is 5.97 Å². The summed E-state index contributed by atoms with van der Waals surface area (Å²) < 4.78 is 6.61. The maximum Gasteiger partial charge on any atom is 0.337 e. The van der Waals surface area contributed by atoms with E-state index in [0.717, 1.165) is 18.5 Å². The molecular formula is C15H18ClN3O2. The number of hydrogen-bond acceptors (Lipinski definition) is 4. The van der Waals surface area contributed by atoms with Gasteiger partial charge in [0.2, 0.25) is 0 Å². The lowest BCUT2D eigenvalue weighted by molar-refractivity contribution is 0.0601. The van der Waals surface area contributed by atoms with Gasteiger partial charge in [-0.15, -0.1) is 0 Å². The molecule has 21 heavy (non-hydrogen) atoms. The molecule has 0 unspecified atom stereocenters. The van der Waals surface area contributed by atoms with Crippen LogP contribution in [0.5, 0.6) is 0 Å². The summed E-state index contributed by atoms with van der Waals surface area (Å²) in [6.07, 6.45) is 4.86. The van der Waals surface area contributed by atoms with Crippen molar-refractivity contribution in [3.05, 3.63) is 46.7 Å². The van der Waals surface area contributed by atoms with Gasteiger partial charge in [-0.05, 0) is 24.6 Å². The van der Waals surface area contributed by atoms with Crippen LogP contribution in [0.15, 0.2) is 30.6 Å². The molecule has 1 aromatic carbocycles. The third-order valence-corrected chi connectivity index (χ3v) is 3.34. The monoisotopic (exact) mass is 307 g/mol. The van der Waals surface area contributed by atoms with Crippen molar-refractivity contribution >= 4 is 23.3 Å². The van der Waals surface area contributed by atoms with Crippen molar-refractivity contribution in [3.63, 3.8) is 0 Å². The molecule has 0 saturated heterocycles. The number of aromatic nitrogens is 2. The summed E-state index contributed by atoms with van der Waals surface area (Å²) in [5.74, 6) is -0.384. The van der Waals surface area contributed by atoms with Gasteiger partial charge in [0, 0.05) is 24.8 Å². The molecular weight excluding hydrogens is 290 g/mol. The minimum absolute atomic E-state index is 0.384. The molecule has 6 heteroatoms. The molecule has 0 bridgehead atoms. The number of ether oxygens (including phenoxy) is 1. The normalized spacial score (nSPS) is 10.4. The van der Waals surface area contributed by atoms with E-state index in [4.69, 9.17) is 16.3 Å². The molecule has 0 atom stereocenters. The number of esters is 1. The highest BCUT2D eigenvalue weighted by Gasteiger charge is 2.09. The minimum Gasteiger partial charge on any atom is -0.465 e. The lowest BCUT2D eigenvalue weighted by atomic mass is 10.2. The quantitative estimate of drug-likeness (QED) is 0.832. The third kappa shape index (κ3) is 3.98. The van der Waals surface area contributed by atoms with E-state index >= 15 is 0 Å². The maximum absolute atomic E-state index is 11.5. The van der Waals surface area contributed by atoms with Gasteiger partial charge in [0.25, 0.3) is 0 Å². The fourth-order valence-corrected chi connectivity index (χ4v) is 2.14. The number of aryl methyl sites for hydroxylation is 1. The predicted octanol–water partition coefficient (Wildman–Crippen LogP) is 3.35. The van der Waals surface area contributed by atoms with Crippen LogP contribution in [0.2, 0.25) is 5.02 Å². The van der Waals surface area contributed by atoms with Crippen LogP contribution < -0.4 is 5.32 Å². The summed E-state index contributed by atoms with van der Waals surface area (Å²) in [5, 5.41) is 8.04. The summed E-state index contributed by atoms with van der Waals surface area (Å²) in [6, 6.07) is 5.00. The molecule has 0 fully saturated rings.